The van der Waals surface area contributed by atoms with Crippen molar-refractivity contribution >= 4 is 22.5 Å². The minimum Gasteiger partial charge on any atom is -0.464 e. The predicted molar refractivity (Wildman–Crippen MR) is 99.1 cm³/mol. The number of benzene rings is 1. The molecule has 0 bridgehead atoms. The molecule has 1 saturated heterocycles. The third-order valence-electron chi connectivity index (χ3n) is 4.60. The monoisotopic (exact) mass is 378 g/mol. The lowest BCUT2D eigenvalue weighted by molar-refractivity contribution is 0.178. The Balaban J connectivity index is 1.79. The minimum absolute atomic E-state index is 0.126. The maximum absolute atomic E-state index is 14.0. The molecule has 1 aromatic heterocycles. The van der Waals surface area contributed by atoms with E-state index in [1.54, 1.807) is 11.0 Å². The molecule has 0 saturated carbocycles. The van der Waals surface area contributed by atoms with Crippen LogP contribution in [0.4, 0.5) is 14.9 Å². The molecule has 26 heavy (non-hydrogen) atoms. The summed E-state index contributed by atoms with van der Waals surface area (Å²) in [5.74, 6) is 1.01. The van der Waals surface area contributed by atoms with Crippen molar-refractivity contribution in [1.29, 1.82) is 0 Å². The van der Waals surface area contributed by atoms with E-state index >= 15 is 0 Å². The van der Waals surface area contributed by atoms with Crippen LogP contribution in [-0.2, 0) is 10.8 Å². The van der Waals surface area contributed by atoms with Crippen LogP contribution in [-0.4, -0.2) is 27.9 Å². The highest BCUT2D eigenvalue weighted by Crippen LogP contribution is 2.32. The van der Waals surface area contributed by atoms with Crippen LogP contribution in [0.1, 0.15) is 43.2 Å². The first-order valence-electron chi connectivity index (χ1n) is 8.72. The zero-order valence-corrected chi connectivity index (χ0v) is 15.8. The van der Waals surface area contributed by atoms with Crippen LogP contribution in [0.5, 0.6) is 0 Å². The van der Waals surface area contributed by atoms with Gasteiger partial charge in [0, 0.05) is 18.5 Å². The number of carbonyl (C=O) groups is 1. The number of carbonyl (C=O) groups excluding carboxylic acids is 1. The van der Waals surface area contributed by atoms with Crippen LogP contribution in [0.3, 0.4) is 0 Å². The molecule has 0 aliphatic carbocycles. The van der Waals surface area contributed by atoms with E-state index in [9.17, 15) is 13.4 Å². The van der Waals surface area contributed by atoms with Gasteiger partial charge in [-0.05, 0) is 50.1 Å². The van der Waals surface area contributed by atoms with E-state index < -0.39 is 16.6 Å². The lowest BCUT2D eigenvalue weighted by Crippen LogP contribution is -2.38. The third kappa shape index (κ3) is 4.15. The van der Waals surface area contributed by atoms with Crippen LogP contribution >= 0.6 is 0 Å². The number of urea groups is 1. The van der Waals surface area contributed by atoms with Crippen molar-refractivity contribution in [3.05, 3.63) is 47.7 Å². The Morgan fingerprint density at radius 2 is 2.08 bits per heavy atom. The van der Waals surface area contributed by atoms with Crippen molar-refractivity contribution in [2.24, 2.45) is 0 Å². The van der Waals surface area contributed by atoms with Crippen LogP contribution < -0.4 is 5.32 Å². The van der Waals surface area contributed by atoms with Gasteiger partial charge >= 0.3 is 6.03 Å². The summed E-state index contributed by atoms with van der Waals surface area (Å²) in [7, 11) is -1.41. The summed E-state index contributed by atoms with van der Waals surface area (Å²) >= 11 is 0. The largest absolute Gasteiger partial charge is 0.464 e. The molecule has 3 rings (SSSR count). The molecule has 2 amide bonds. The van der Waals surface area contributed by atoms with Gasteiger partial charge in [0.25, 0.3) is 0 Å². The molecule has 2 atom stereocenters. The summed E-state index contributed by atoms with van der Waals surface area (Å²) in [5, 5.41) is 2.76. The molecule has 1 aliphatic heterocycles. The first-order valence-corrected chi connectivity index (χ1v) is 10.3. The lowest BCUT2D eigenvalue weighted by Gasteiger charge is -2.28. The molecule has 7 heteroatoms. The smallest absolute Gasteiger partial charge is 0.322 e. The van der Waals surface area contributed by atoms with Crippen molar-refractivity contribution in [2.75, 3.05) is 18.1 Å². The molecule has 1 fully saturated rings. The van der Waals surface area contributed by atoms with E-state index in [4.69, 9.17) is 4.42 Å². The number of rotatable bonds is 3. The molecule has 1 aliphatic rings. The molecule has 5 nitrogen and oxygen atoms in total. The number of aryl methyl sites for hydroxylation is 1. The first-order chi connectivity index (χ1) is 12.5. The first kappa shape index (κ1) is 18.6. The van der Waals surface area contributed by atoms with Crippen LogP contribution in [0.25, 0.3) is 0 Å². The Hall–Kier alpha value is -2.15. The molecule has 140 valence electrons. The number of anilines is 1. The lowest BCUT2D eigenvalue weighted by atomic mass is 10.1. The minimum atomic E-state index is -1.41. The summed E-state index contributed by atoms with van der Waals surface area (Å²) in [5.41, 5.74) is 0.348. The highest BCUT2D eigenvalue weighted by molar-refractivity contribution is 7.84. The fourth-order valence-corrected chi connectivity index (χ4v) is 3.88. The Kier molecular flexibility index (Phi) is 5.76. The highest BCUT2D eigenvalue weighted by atomic mass is 32.2. The molecule has 0 radical (unpaired) electrons. The SMILES string of the molecule is Cc1ccc(C2CCCCCN2C(=O)Nc2ccc(S(C)=O)c(F)c2)o1. The number of nitrogens with one attached hydrogen (secondary N) is 1. The van der Waals surface area contributed by atoms with Gasteiger partial charge in [0.15, 0.2) is 0 Å². The molecule has 2 unspecified atom stereocenters. The third-order valence-corrected chi connectivity index (χ3v) is 5.55. The van der Waals surface area contributed by atoms with E-state index in [0.29, 0.717) is 12.2 Å². The van der Waals surface area contributed by atoms with Gasteiger partial charge < -0.3 is 14.6 Å². The second-order valence-corrected chi connectivity index (χ2v) is 7.88. The van der Waals surface area contributed by atoms with E-state index in [0.717, 1.165) is 37.2 Å². The van der Waals surface area contributed by atoms with E-state index in [1.165, 1.54) is 18.4 Å². The quantitative estimate of drug-likeness (QED) is 0.848. The number of hydrogen-bond acceptors (Lipinski definition) is 3. The second-order valence-electron chi connectivity index (χ2n) is 6.54. The molecule has 0 spiro atoms. The molecule has 1 aromatic carbocycles. The molecule has 2 heterocycles. The van der Waals surface area contributed by atoms with Crippen LogP contribution in [0.15, 0.2) is 39.6 Å². The van der Waals surface area contributed by atoms with Crippen molar-refractivity contribution in [1.82, 2.24) is 4.90 Å². The van der Waals surface area contributed by atoms with Gasteiger partial charge in [-0.25, -0.2) is 9.18 Å². The van der Waals surface area contributed by atoms with Crippen molar-refractivity contribution in [2.45, 2.75) is 43.5 Å². The maximum Gasteiger partial charge on any atom is 0.322 e. The van der Waals surface area contributed by atoms with Crippen LogP contribution in [0, 0.1) is 12.7 Å². The normalized spacial score (nSPS) is 19.0. The van der Waals surface area contributed by atoms with Crippen LogP contribution in [0.2, 0.25) is 0 Å². The Morgan fingerprint density at radius 3 is 2.73 bits per heavy atom. The number of halogens is 1. The molecule has 2 aromatic rings. The summed E-state index contributed by atoms with van der Waals surface area (Å²) in [6, 6.07) is 7.62. The standard InChI is InChI=1S/C19H23FN2O3S/c1-13-7-9-17(25-13)16-6-4-3-5-11-22(16)19(23)21-14-8-10-18(26(2)24)15(20)12-14/h7-10,12,16H,3-6,11H2,1-2H3,(H,21,23). The fourth-order valence-electron chi connectivity index (χ4n) is 3.29. The average molecular weight is 378 g/mol. The zero-order chi connectivity index (χ0) is 18.7. The van der Waals surface area contributed by atoms with E-state index in [-0.39, 0.29) is 17.0 Å². The molecular formula is C19H23FN2O3S. The van der Waals surface area contributed by atoms with Gasteiger partial charge in [0.05, 0.1) is 21.7 Å². The summed E-state index contributed by atoms with van der Waals surface area (Å²) < 4.78 is 31.2. The number of amides is 2. The maximum atomic E-state index is 14.0. The van der Waals surface area contributed by atoms with Gasteiger partial charge in [0.1, 0.15) is 17.3 Å². The predicted octanol–water partition coefficient (Wildman–Crippen LogP) is 4.61. The van der Waals surface area contributed by atoms with Gasteiger partial charge in [-0.3, -0.25) is 4.21 Å². The number of likely N-dealkylation sites (tertiary alicyclic amines) is 1. The summed E-state index contributed by atoms with van der Waals surface area (Å²) in [6.07, 6.45) is 5.27. The summed E-state index contributed by atoms with van der Waals surface area (Å²) in [4.78, 5) is 14.7. The highest BCUT2D eigenvalue weighted by Gasteiger charge is 2.29. The van der Waals surface area contributed by atoms with Crippen molar-refractivity contribution in [3.63, 3.8) is 0 Å². The topological polar surface area (TPSA) is 62.6 Å². The zero-order valence-electron chi connectivity index (χ0n) is 15.0. The number of hydrogen-bond donors (Lipinski definition) is 1. The Labute approximate surface area is 155 Å². The fraction of sp³-hybridized carbons (Fsp3) is 0.421. The molecular weight excluding hydrogens is 355 g/mol. The van der Waals surface area contributed by atoms with Gasteiger partial charge in [-0.1, -0.05) is 12.8 Å². The summed E-state index contributed by atoms with van der Waals surface area (Å²) in [6.45, 7) is 2.50. The van der Waals surface area contributed by atoms with Crippen molar-refractivity contribution in [3.8, 4) is 0 Å². The Bertz CT molecular complexity index is 821. The Morgan fingerprint density at radius 1 is 1.27 bits per heavy atom. The van der Waals surface area contributed by atoms with Gasteiger partial charge in [0.2, 0.25) is 0 Å². The second kappa shape index (κ2) is 8.03. The number of nitrogens with zero attached hydrogens (tertiary/aromatic N) is 1. The van der Waals surface area contributed by atoms with E-state index in [1.807, 2.05) is 19.1 Å². The van der Waals surface area contributed by atoms with Gasteiger partial charge in [-0.2, -0.15) is 0 Å². The number of furan rings is 1. The van der Waals surface area contributed by atoms with Crippen molar-refractivity contribution < 1.29 is 17.8 Å². The van der Waals surface area contributed by atoms with E-state index in [2.05, 4.69) is 5.32 Å². The van der Waals surface area contributed by atoms with Gasteiger partial charge in [-0.15, -0.1) is 0 Å². The average Bonchev–Trinajstić information content (AvgIpc) is 2.87. The molecule has 1 N–H and O–H groups in total.